The minimum absolute atomic E-state index is 0.308. The van der Waals surface area contributed by atoms with Crippen LogP contribution in [-0.2, 0) is 6.54 Å². The first-order chi connectivity index (χ1) is 16.0. The molecule has 5 aromatic rings. The number of aryl methyl sites for hydroxylation is 2. The normalized spacial score (nSPS) is 11.7. The number of carbonyl (C=O) groups excluding carboxylic acids is 1. The smallest absolute Gasteiger partial charge is 0.280 e. The molecule has 0 fully saturated rings. The van der Waals surface area contributed by atoms with Gasteiger partial charge in [0.2, 0.25) is 0 Å². The standard InChI is InChI=1S/C28H21N3OS/c1-4-14-31-26-19(3)15-18(2)16-25(26)33-28(31)30-27(32)22-17-24(20-10-6-5-7-11-20)29-23-13-9-8-12-21(22)23/h1,5-13,15-17H,14H2,2-3H3. The highest BCUT2D eigenvalue weighted by Crippen LogP contribution is 2.26. The third kappa shape index (κ3) is 3.86. The van der Waals surface area contributed by atoms with Gasteiger partial charge < -0.3 is 4.57 Å². The largest absolute Gasteiger partial charge is 0.304 e. The fraction of sp³-hybridized carbons (Fsp3) is 0.107. The summed E-state index contributed by atoms with van der Waals surface area (Å²) in [4.78, 5) is 23.5. The van der Waals surface area contributed by atoms with Crippen LogP contribution in [0.15, 0.2) is 77.8 Å². The van der Waals surface area contributed by atoms with Crippen LogP contribution >= 0.6 is 11.3 Å². The van der Waals surface area contributed by atoms with Gasteiger partial charge in [-0.1, -0.05) is 71.9 Å². The number of carbonyl (C=O) groups is 1. The second-order valence-corrected chi connectivity index (χ2v) is 8.97. The van der Waals surface area contributed by atoms with Gasteiger partial charge in [-0.2, -0.15) is 4.99 Å². The van der Waals surface area contributed by atoms with Crippen LogP contribution in [-0.4, -0.2) is 15.5 Å². The zero-order valence-electron chi connectivity index (χ0n) is 18.4. The highest BCUT2D eigenvalue weighted by molar-refractivity contribution is 7.16. The SMILES string of the molecule is C#CCn1c(=NC(=O)c2cc(-c3ccccc3)nc3ccccc23)sc2cc(C)cc(C)c21. The van der Waals surface area contributed by atoms with E-state index in [1.807, 2.05) is 65.2 Å². The number of nitrogens with zero attached hydrogens (tertiary/aromatic N) is 3. The molecule has 1 amide bonds. The Morgan fingerprint density at radius 3 is 2.61 bits per heavy atom. The van der Waals surface area contributed by atoms with Gasteiger partial charge in [0.25, 0.3) is 5.91 Å². The second-order valence-electron chi connectivity index (χ2n) is 7.96. The van der Waals surface area contributed by atoms with Crippen LogP contribution in [0.1, 0.15) is 21.5 Å². The van der Waals surface area contributed by atoms with Crippen molar-refractivity contribution in [2.24, 2.45) is 4.99 Å². The average molecular weight is 448 g/mol. The molecule has 0 N–H and O–H groups in total. The molecule has 0 bridgehead atoms. The van der Waals surface area contributed by atoms with Crippen molar-refractivity contribution in [1.82, 2.24) is 9.55 Å². The van der Waals surface area contributed by atoms with Crippen molar-refractivity contribution in [1.29, 1.82) is 0 Å². The molecule has 2 heterocycles. The number of thiazole rings is 1. The summed E-state index contributed by atoms with van der Waals surface area (Å²) in [7, 11) is 0. The Hall–Kier alpha value is -4.01. The van der Waals surface area contributed by atoms with Crippen molar-refractivity contribution in [3.05, 3.63) is 94.3 Å². The zero-order valence-corrected chi connectivity index (χ0v) is 19.2. The molecule has 3 aromatic carbocycles. The molecule has 0 saturated heterocycles. The van der Waals surface area contributed by atoms with Crippen molar-refractivity contribution in [3.8, 4) is 23.6 Å². The molecule has 5 rings (SSSR count). The number of pyridine rings is 1. The number of amides is 1. The fourth-order valence-electron chi connectivity index (χ4n) is 4.17. The highest BCUT2D eigenvalue weighted by Gasteiger charge is 2.15. The molecule has 2 aromatic heterocycles. The van der Waals surface area contributed by atoms with E-state index in [0.29, 0.717) is 16.9 Å². The summed E-state index contributed by atoms with van der Waals surface area (Å²) >= 11 is 1.49. The monoisotopic (exact) mass is 447 g/mol. The third-order valence-electron chi connectivity index (χ3n) is 5.57. The minimum atomic E-state index is -0.308. The molecule has 0 spiro atoms. The van der Waals surface area contributed by atoms with Gasteiger partial charge in [-0.3, -0.25) is 4.79 Å². The number of fused-ring (bicyclic) bond motifs is 2. The molecule has 0 atom stereocenters. The first kappa shape index (κ1) is 20.9. The molecule has 160 valence electrons. The molecule has 33 heavy (non-hydrogen) atoms. The van der Waals surface area contributed by atoms with E-state index in [0.717, 1.165) is 37.9 Å². The minimum Gasteiger partial charge on any atom is -0.304 e. The van der Waals surface area contributed by atoms with Crippen molar-refractivity contribution in [3.63, 3.8) is 0 Å². The van der Waals surface area contributed by atoms with Crippen molar-refractivity contribution in [2.75, 3.05) is 0 Å². The average Bonchev–Trinajstić information content (AvgIpc) is 3.15. The zero-order chi connectivity index (χ0) is 22.9. The van der Waals surface area contributed by atoms with Gasteiger partial charge in [-0.25, -0.2) is 4.98 Å². The molecule has 4 nitrogen and oxygen atoms in total. The quantitative estimate of drug-likeness (QED) is 0.323. The van der Waals surface area contributed by atoms with Crippen LogP contribution < -0.4 is 4.80 Å². The third-order valence-corrected chi connectivity index (χ3v) is 6.60. The van der Waals surface area contributed by atoms with Gasteiger partial charge in [0.15, 0.2) is 4.80 Å². The van der Waals surface area contributed by atoms with Gasteiger partial charge in [0.1, 0.15) is 0 Å². The number of rotatable bonds is 3. The lowest BCUT2D eigenvalue weighted by Crippen LogP contribution is -2.17. The molecule has 0 aliphatic rings. The number of terminal acetylenes is 1. The van der Waals surface area contributed by atoms with Crippen molar-refractivity contribution >= 4 is 38.4 Å². The summed E-state index contributed by atoms with van der Waals surface area (Å²) in [5.74, 6) is 2.40. The van der Waals surface area contributed by atoms with E-state index in [9.17, 15) is 4.79 Å². The van der Waals surface area contributed by atoms with E-state index in [-0.39, 0.29) is 5.91 Å². The lowest BCUT2D eigenvalue weighted by atomic mass is 10.0. The van der Waals surface area contributed by atoms with E-state index < -0.39 is 0 Å². The number of benzene rings is 3. The Balaban J connectivity index is 1.73. The van der Waals surface area contributed by atoms with Crippen LogP contribution in [0, 0.1) is 26.2 Å². The lowest BCUT2D eigenvalue weighted by molar-refractivity contribution is 0.0999. The Bertz CT molecular complexity index is 1640. The summed E-state index contributed by atoms with van der Waals surface area (Å²) in [6, 6.07) is 23.6. The molecular weight excluding hydrogens is 426 g/mol. The summed E-state index contributed by atoms with van der Waals surface area (Å²) in [6.07, 6.45) is 5.66. The molecule has 0 saturated carbocycles. The van der Waals surface area contributed by atoms with E-state index in [2.05, 4.69) is 36.9 Å². The van der Waals surface area contributed by atoms with Gasteiger partial charge >= 0.3 is 0 Å². The predicted molar refractivity (Wildman–Crippen MR) is 135 cm³/mol. The Kier molecular flexibility index (Phi) is 5.37. The molecule has 5 heteroatoms. The summed E-state index contributed by atoms with van der Waals surface area (Å²) < 4.78 is 3.02. The first-order valence-electron chi connectivity index (χ1n) is 10.6. The van der Waals surface area contributed by atoms with Gasteiger partial charge in [-0.15, -0.1) is 6.42 Å². The maximum absolute atomic E-state index is 13.5. The fourth-order valence-corrected chi connectivity index (χ4v) is 5.38. The maximum atomic E-state index is 13.5. The van der Waals surface area contributed by atoms with Crippen LogP contribution in [0.5, 0.6) is 0 Å². The Morgan fingerprint density at radius 2 is 1.82 bits per heavy atom. The van der Waals surface area contributed by atoms with Crippen LogP contribution in [0.4, 0.5) is 0 Å². The predicted octanol–water partition coefficient (Wildman–Crippen LogP) is 5.91. The first-order valence-corrected chi connectivity index (χ1v) is 11.4. The van der Waals surface area contributed by atoms with Crippen molar-refractivity contribution < 1.29 is 4.79 Å². The molecule has 0 aliphatic heterocycles. The second kappa shape index (κ2) is 8.50. The molecular formula is C28H21N3OS. The van der Waals surface area contributed by atoms with Crippen LogP contribution in [0.25, 0.3) is 32.4 Å². The van der Waals surface area contributed by atoms with E-state index in [1.54, 1.807) is 0 Å². The van der Waals surface area contributed by atoms with Crippen LogP contribution in [0.2, 0.25) is 0 Å². The summed E-state index contributed by atoms with van der Waals surface area (Å²) in [5, 5.41) is 0.780. The summed E-state index contributed by atoms with van der Waals surface area (Å²) in [5.41, 5.74) is 6.29. The molecule has 0 aliphatic carbocycles. The lowest BCUT2D eigenvalue weighted by Gasteiger charge is -2.08. The van der Waals surface area contributed by atoms with Crippen LogP contribution in [0.3, 0.4) is 0 Å². The Labute approximate surface area is 195 Å². The number of aromatic nitrogens is 2. The number of hydrogen-bond donors (Lipinski definition) is 0. The van der Waals surface area contributed by atoms with Gasteiger partial charge in [0, 0.05) is 10.9 Å². The topological polar surface area (TPSA) is 47.2 Å². The van der Waals surface area contributed by atoms with E-state index >= 15 is 0 Å². The number of hydrogen-bond acceptors (Lipinski definition) is 3. The molecule has 0 unspecified atom stereocenters. The summed E-state index contributed by atoms with van der Waals surface area (Å²) in [6.45, 7) is 4.47. The maximum Gasteiger partial charge on any atom is 0.280 e. The number of para-hydroxylation sites is 1. The van der Waals surface area contributed by atoms with Crippen molar-refractivity contribution in [2.45, 2.75) is 20.4 Å². The van der Waals surface area contributed by atoms with E-state index in [1.165, 1.54) is 16.9 Å². The van der Waals surface area contributed by atoms with E-state index in [4.69, 9.17) is 11.4 Å². The Morgan fingerprint density at radius 1 is 1.06 bits per heavy atom. The van der Waals surface area contributed by atoms with Gasteiger partial charge in [0.05, 0.1) is 33.5 Å². The highest BCUT2D eigenvalue weighted by atomic mass is 32.1. The molecule has 0 radical (unpaired) electrons. The van der Waals surface area contributed by atoms with Gasteiger partial charge in [-0.05, 0) is 43.2 Å².